The van der Waals surface area contributed by atoms with Gasteiger partial charge in [0.15, 0.2) is 0 Å². The molecule has 180 valence electrons. The number of nitrogens with zero attached hydrogens (tertiary/aromatic N) is 3. The third-order valence-corrected chi connectivity index (χ3v) is 8.49. The predicted molar refractivity (Wildman–Crippen MR) is 130 cm³/mol. The molecule has 2 saturated heterocycles. The fourth-order valence-electron chi connectivity index (χ4n) is 4.85. The molecule has 2 fully saturated rings. The van der Waals surface area contributed by atoms with Crippen LogP contribution in [0.1, 0.15) is 70.2 Å². The van der Waals surface area contributed by atoms with Crippen LogP contribution in [-0.4, -0.2) is 74.9 Å². The Morgan fingerprint density at radius 1 is 0.969 bits per heavy atom. The molecule has 1 aromatic rings. The normalized spacial score (nSPS) is 18.2. The van der Waals surface area contributed by atoms with E-state index >= 15 is 0 Å². The molecule has 1 aromatic carbocycles. The lowest BCUT2D eigenvalue weighted by atomic mass is 10.1. The number of amides is 1. The summed E-state index contributed by atoms with van der Waals surface area (Å²) < 4.78 is 28.0. The second-order valence-electron chi connectivity index (χ2n) is 9.52. The van der Waals surface area contributed by atoms with Crippen LogP contribution >= 0.6 is 0 Å². The highest BCUT2D eigenvalue weighted by atomic mass is 32.2. The number of benzene rings is 1. The highest BCUT2D eigenvalue weighted by Crippen LogP contribution is 2.29. The van der Waals surface area contributed by atoms with Crippen LogP contribution in [-0.2, 0) is 10.0 Å². The van der Waals surface area contributed by atoms with Gasteiger partial charge in [0, 0.05) is 57.0 Å². The van der Waals surface area contributed by atoms with Gasteiger partial charge in [-0.05, 0) is 71.6 Å². The first-order valence-corrected chi connectivity index (χ1v) is 13.6. The number of hydrogen-bond donors (Lipinski definition) is 1. The smallest absolute Gasteiger partial charge is 0.253 e. The summed E-state index contributed by atoms with van der Waals surface area (Å²) in [7, 11) is -3.59. The molecule has 0 spiro atoms. The molecular weight excluding hydrogens is 424 g/mol. The summed E-state index contributed by atoms with van der Waals surface area (Å²) in [5, 5.41) is 3.05. The van der Waals surface area contributed by atoms with Crippen LogP contribution in [0.2, 0.25) is 0 Å². The lowest BCUT2D eigenvalue weighted by Crippen LogP contribution is -2.42. The van der Waals surface area contributed by atoms with Crippen molar-refractivity contribution in [1.82, 2.24) is 14.5 Å². The van der Waals surface area contributed by atoms with Gasteiger partial charge in [0.05, 0.1) is 10.5 Å². The summed E-state index contributed by atoms with van der Waals surface area (Å²) in [5.41, 5.74) is 1.30. The van der Waals surface area contributed by atoms with E-state index in [0.29, 0.717) is 37.3 Å². The zero-order valence-electron chi connectivity index (χ0n) is 20.1. The Labute approximate surface area is 194 Å². The SMILES string of the molecule is CC(C)N(CCNC(=O)c1cc(S(=O)(=O)N2CCCCC2)ccc1N1CCCC1)C(C)C. The van der Waals surface area contributed by atoms with Gasteiger partial charge in [-0.2, -0.15) is 4.31 Å². The average Bonchev–Trinajstić information content (AvgIpc) is 3.31. The maximum atomic E-state index is 13.2. The molecule has 1 amide bonds. The van der Waals surface area contributed by atoms with Crippen molar-refractivity contribution < 1.29 is 13.2 Å². The molecule has 0 radical (unpaired) electrons. The summed E-state index contributed by atoms with van der Waals surface area (Å²) in [6.45, 7) is 12.8. The lowest BCUT2D eigenvalue weighted by molar-refractivity contribution is 0.0939. The van der Waals surface area contributed by atoms with Gasteiger partial charge >= 0.3 is 0 Å². The molecule has 0 bridgehead atoms. The minimum Gasteiger partial charge on any atom is -0.371 e. The summed E-state index contributed by atoms with van der Waals surface area (Å²) >= 11 is 0. The number of sulfonamides is 1. The van der Waals surface area contributed by atoms with Crippen molar-refractivity contribution >= 4 is 21.6 Å². The van der Waals surface area contributed by atoms with Crippen molar-refractivity contribution in [3.63, 3.8) is 0 Å². The van der Waals surface area contributed by atoms with E-state index < -0.39 is 10.0 Å². The Hall–Kier alpha value is -1.64. The molecule has 0 aromatic heterocycles. The minimum absolute atomic E-state index is 0.199. The van der Waals surface area contributed by atoms with E-state index in [1.807, 2.05) is 6.07 Å². The van der Waals surface area contributed by atoms with Crippen molar-refractivity contribution in [1.29, 1.82) is 0 Å². The third kappa shape index (κ3) is 5.83. The summed E-state index contributed by atoms with van der Waals surface area (Å²) in [4.78, 5) is 18.0. The monoisotopic (exact) mass is 464 g/mol. The van der Waals surface area contributed by atoms with Crippen LogP contribution in [0.5, 0.6) is 0 Å². The molecule has 0 unspecified atom stereocenters. The van der Waals surface area contributed by atoms with Gasteiger partial charge in [-0.3, -0.25) is 9.69 Å². The van der Waals surface area contributed by atoms with Crippen molar-refractivity contribution in [2.75, 3.05) is 44.2 Å². The molecule has 2 aliphatic heterocycles. The molecule has 0 saturated carbocycles. The van der Waals surface area contributed by atoms with Gasteiger partial charge in [-0.1, -0.05) is 6.42 Å². The minimum atomic E-state index is -3.59. The van der Waals surface area contributed by atoms with Crippen LogP contribution < -0.4 is 10.2 Å². The quantitative estimate of drug-likeness (QED) is 0.607. The van der Waals surface area contributed by atoms with Crippen LogP contribution in [0.15, 0.2) is 23.1 Å². The largest absolute Gasteiger partial charge is 0.371 e. The van der Waals surface area contributed by atoms with Crippen LogP contribution in [0.4, 0.5) is 5.69 Å². The van der Waals surface area contributed by atoms with Gasteiger partial charge in [0.2, 0.25) is 10.0 Å². The van der Waals surface area contributed by atoms with Crippen molar-refractivity contribution in [3.8, 4) is 0 Å². The number of carbonyl (C=O) groups is 1. The average molecular weight is 465 g/mol. The van der Waals surface area contributed by atoms with Gasteiger partial charge in [-0.25, -0.2) is 8.42 Å². The Bertz CT molecular complexity index is 865. The molecule has 3 rings (SSSR count). The van der Waals surface area contributed by atoms with Crippen LogP contribution in [0, 0.1) is 0 Å². The van der Waals surface area contributed by atoms with E-state index in [2.05, 4.69) is 42.8 Å². The molecule has 1 N–H and O–H groups in total. The Morgan fingerprint density at radius 3 is 2.16 bits per heavy atom. The van der Waals surface area contributed by atoms with E-state index in [1.165, 1.54) is 0 Å². The maximum Gasteiger partial charge on any atom is 0.253 e. The Morgan fingerprint density at radius 2 is 1.56 bits per heavy atom. The highest BCUT2D eigenvalue weighted by Gasteiger charge is 2.28. The third-order valence-electron chi connectivity index (χ3n) is 6.59. The van der Waals surface area contributed by atoms with E-state index in [9.17, 15) is 13.2 Å². The van der Waals surface area contributed by atoms with Crippen LogP contribution in [0.3, 0.4) is 0 Å². The van der Waals surface area contributed by atoms with Crippen molar-refractivity contribution in [3.05, 3.63) is 23.8 Å². The number of piperidine rings is 1. The molecule has 2 heterocycles. The van der Waals surface area contributed by atoms with E-state index in [0.717, 1.165) is 57.4 Å². The fraction of sp³-hybridized carbons (Fsp3) is 0.708. The van der Waals surface area contributed by atoms with Gasteiger partial charge in [0.25, 0.3) is 5.91 Å². The molecule has 0 aliphatic carbocycles. The van der Waals surface area contributed by atoms with E-state index in [4.69, 9.17) is 0 Å². The van der Waals surface area contributed by atoms with Crippen molar-refractivity contribution in [2.45, 2.75) is 76.8 Å². The molecular formula is C24H40N4O3S. The van der Waals surface area contributed by atoms with E-state index in [1.54, 1.807) is 16.4 Å². The first kappa shape index (κ1) is 25.0. The standard InChI is InChI=1S/C24H40N4O3S/c1-19(2)28(20(3)4)17-12-25-24(29)22-18-21(10-11-23(22)26-13-8-9-14-26)32(30,31)27-15-6-5-7-16-27/h10-11,18-20H,5-9,12-17H2,1-4H3,(H,25,29). The second-order valence-corrected chi connectivity index (χ2v) is 11.5. The summed E-state index contributed by atoms with van der Waals surface area (Å²) in [5.74, 6) is -0.199. The number of anilines is 1. The maximum absolute atomic E-state index is 13.2. The molecule has 2 aliphatic rings. The summed E-state index contributed by atoms with van der Waals surface area (Å²) in [6, 6.07) is 5.88. The number of rotatable bonds is 9. The van der Waals surface area contributed by atoms with Crippen molar-refractivity contribution in [2.24, 2.45) is 0 Å². The molecule has 0 atom stereocenters. The Balaban J connectivity index is 1.82. The molecule has 7 nitrogen and oxygen atoms in total. The number of hydrogen-bond acceptors (Lipinski definition) is 5. The second kappa shape index (κ2) is 11.0. The lowest BCUT2D eigenvalue weighted by Gasteiger charge is -2.30. The number of carbonyl (C=O) groups excluding carboxylic acids is 1. The van der Waals surface area contributed by atoms with Gasteiger partial charge < -0.3 is 10.2 Å². The van der Waals surface area contributed by atoms with Gasteiger partial charge in [-0.15, -0.1) is 0 Å². The fourth-order valence-corrected chi connectivity index (χ4v) is 6.40. The first-order chi connectivity index (χ1) is 15.2. The number of nitrogens with one attached hydrogen (secondary N) is 1. The van der Waals surface area contributed by atoms with E-state index in [-0.39, 0.29) is 10.8 Å². The topological polar surface area (TPSA) is 73.0 Å². The summed E-state index contributed by atoms with van der Waals surface area (Å²) in [6.07, 6.45) is 5.03. The molecule has 32 heavy (non-hydrogen) atoms. The molecule has 8 heteroatoms. The Kier molecular flexibility index (Phi) is 8.58. The van der Waals surface area contributed by atoms with Gasteiger partial charge in [0.1, 0.15) is 0 Å². The highest BCUT2D eigenvalue weighted by molar-refractivity contribution is 7.89. The van der Waals surface area contributed by atoms with Crippen LogP contribution in [0.25, 0.3) is 0 Å². The predicted octanol–water partition coefficient (Wildman–Crippen LogP) is 3.31. The first-order valence-electron chi connectivity index (χ1n) is 12.1. The zero-order chi connectivity index (χ0) is 23.3. The zero-order valence-corrected chi connectivity index (χ0v) is 21.0.